The van der Waals surface area contributed by atoms with E-state index >= 15 is 0 Å². The highest BCUT2D eigenvalue weighted by Gasteiger charge is 2.26. The van der Waals surface area contributed by atoms with Crippen LogP contribution in [0, 0.1) is 5.82 Å². The predicted molar refractivity (Wildman–Crippen MR) is 101 cm³/mol. The number of hydrogen-bond donors (Lipinski definition) is 1. The number of carbonyl (C=O) groups excluding carboxylic acids is 2. The van der Waals surface area contributed by atoms with E-state index in [1.54, 1.807) is 17.0 Å². The number of piperazine rings is 1. The summed E-state index contributed by atoms with van der Waals surface area (Å²) in [5, 5.41) is 2.47. The maximum atomic E-state index is 14.3. The van der Waals surface area contributed by atoms with Crippen molar-refractivity contribution in [1.82, 2.24) is 10.2 Å². The summed E-state index contributed by atoms with van der Waals surface area (Å²) in [5.74, 6) is -0.767. The van der Waals surface area contributed by atoms with Crippen LogP contribution in [0.4, 0.5) is 14.9 Å². The van der Waals surface area contributed by atoms with Gasteiger partial charge in [-0.1, -0.05) is 13.8 Å². The molecule has 1 aromatic carbocycles. The molecule has 26 heavy (non-hydrogen) atoms. The van der Waals surface area contributed by atoms with Gasteiger partial charge in [0, 0.05) is 38.8 Å². The maximum absolute atomic E-state index is 14.3. The fraction of sp³-hybridized carbons (Fsp3) is 0.579. The van der Waals surface area contributed by atoms with Crippen LogP contribution in [0.2, 0.25) is 0 Å². The number of ether oxygens (including phenoxy) is 1. The molecule has 0 radical (unpaired) electrons. The Kier molecular flexibility index (Phi) is 7.86. The molecule has 0 saturated carbocycles. The smallest absolute Gasteiger partial charge is 0.410 e. The van der Waals surface area contributed by atoms with E-state index in [1.165, 1.54) is 13.1 Å². The second-order valence-corrected chi connectivity index (χ2v) is 6.70. The van der Waals surface area contributed by atoms with Crippen molar-refractivity contribution in [2.24, 2.45) is 0 Å². The first-order chi connectivity index (χ1) is 12.2. The number of hydrogen-bond acceptors (Lipinski definition) is 4. The summed E-state index contributed by atoms with van der Waals surface area (Å²) >= 11 is 0. The van der Waals surface area contributed by atoms with Crippen LogP contribution in [0.1, 0.15) is 45.0 Å². The molecule has 0 spiro atoms. The van der Waals surface area contributed by atoms with Crippen molar-refractivity contribution in [3.63, 3.8) is 0 Å². The first kappa shape index (κ1) is 21.7. The van der Waals surface area contributed by atoms with Crippen molar-refractivity contribution < 1.29 is 18.7 Å². The normalized spacial score (nSPS) is 14.3. The Hall–Kier alpha value is -2.31. The molecule has 1 N–H and O–H groups in total. The van der Waals surface area contributed by atoms with Crippen LogP contribution in [0.15, 0.2) is 18.2 Å². The number of rotatable bonds is 2. The molecule has 1 aliphatic heterocycles. The van der Waals surface area contributed by atoms with Crippen molar-refractivity contribution in [3.8, 4) is 0 Å². The zero-order valence-corrected chi connectivity index (χ0v) is 16.6. The number of carbonyl (C=O) groups is 2. The summed E-state index contributed by atoms with van der Waals surface area (Å²) in [6, 6.07) is 4.43. The first-order valence-electron chi connectivity index (χ1n) is 8.96. The number of halogens is 1. The highest BCUT2D eigenvalue weighted by molar-refractivity contribution is 5.94. The number of anilines is 1. The Morgan fingerprint density at radius 2 is 1.69 bits per heavy atom. The van der Waals surface area contributed by atoms with Gasteiger partial charge in [-0.3, -0.25) is 4.79 Å². The van der Waals surface area contributed by atoms with Gasteiger partial charge in [-0.05, 0) is 39.0 Å². The van der Waals surface area contributed by atoms with E-state index in [-0.39, 0.29) is 17.6 Å². The van der Waals surface area contributed by atoms with Crippen molar-refractivity contribution in [2.75, 3.05) is 38.1 Å². The van der Waals surface area contributed by atoms with Gasteiger partial charge in [0.1, 0.15) is 11.4 Å². The van der Waals surface area contributed by atoms with Gasteiger partial charge >= 0.3 is 6.09 Å². The average molecular weight is 367 g/mol. The summed E-state index contributed by atoms with van der Waals surface area (Å²) in [7, 11) is 1.50. The minimum Gasteiger partial charge on any atom is -0.444 e. The Bertz CT molecular complexity index is 621. The SMILES string of the molecule is CC.CNC(=O)c1ccc(N2CCN(C(=O)OC(C)(C)C)CC2)c(F)c1. The molecule has 0 unspecified atom stereocenters. The second kappa shape index (κ2) is 9.40. The monoisotopic (exact) mass is 367 g/mol. The van der Waals surface area contributed by atoms with E-state index in [2.05, 4.69) is 5.32 Å². The lowest BCUT2D eigenvalue weighted by Crippen LogP contribution is -2.50. The van der Waals surface area contributed by atoms with E-state index in [0.717, 1.165) is 0 Å². The Morgan fingerprint density at radius 1 is 1.12 bits per heavy atom. The molecule has 6 nitrogen and oxygen atoms in total. The summed E-state index contributed by atoms with van der Waals surface area (Å²) in [6.45, 7) is 11.4. The molecule has 7 heteroatoms. The predicted octanol–water partition coefficient (Wildman–Crippen LogP) is 3.27. The third-order valence-corrected chi connectivity index (χ3v) is 3.71. The highest BCUT2D eigenvalue weighted by atomic mass is 19.1. The van der Waals surface area contributed by atoms with E-state index in [0.29, 0.717) is 31.9 Å². The van der Waals surface area contributed by atoms with Gasteiger partial charge in [-0.2, -0.15) is 0 Å². The van der Waals surface area contributed by atoms with Crippen molar-refractivity contribution in [2.45, 2.75) is 40.2 Å². The molecule has 0 aromatic heterocycles. The fourth-order valence-corrected chi connectivity index (χ4v) is 2.51. The Labute approximate surface area is 155 Å². The third-order valence-electron chi connectivity index (χ3n) is 3.71. The van der Waals surface area contributed by atoms with Crippen LogP contribution in [0.5, 0.6) is 0 Å². The molecule has 2 rings (SSSR count). The minimum atomic E-state index is -0.532. The zero-order chi connectivity index (χ0) is 19.9. The maximum Gasteiger partial charge on any atom is 0.410 e. The standard InChI is InChI=1S/C17H24FN3O3.C2H6/c1-17(2,3)24-16(23)21-9-7-20(8-10-21)14-6-5-12(11-13(14)18)15(22)19-4;1-2/h5-6,11H,7-10H2,1-4H3,(H,19,22);1-2H3. The summed E-state index contributed by atoms with van der Waals surface area (Å²) < 4.78 is 19.6. The topological polar surface area (TPSA) is 61.9 Å². The van der Waals surface area contributed by atoms with E-state index in [9.17, 15) is 14.0 Å². The van der Waals surface area contributed by atoms with Gasteiger partial charge in [0.05, 0.1) is 5.69 Å². The molecule has 0 aliphatic carbocycles. The van der Waals surface area contributed by atoms with E-state index < -0.39 is 11.4 Å². The third kappa shape index (κ3) is 5.89. The Morgan fingerprint density at radius 3 is 2.15 bits per heavy atom. The van der Waals surface area contributed by atoms with Crippen molar-refractivity contribution >= 4 is 17.7 Å². The van der Waals surface area contributed by atoms with Gasteiger partial charge in [0.15, 0.2) is 0 Å². The molecule has 1 saturated heterocycles. The van der Waals surface area contributed by atoms with E-state index in [4.69, 9.17) is 4.74 Å². The molecule has 1 aliphatic rings. The van der Waals surface area contributed by atoms with E-state index in [1.807, 2.05) is 39.5 Å². The van der Waals surface area contributed by atoms with Crippen LogP contribution < -0.4 is 10.2 Å². The van der Waals surface area contributed by atoms with Gasteiger partial charge in [0.2, 0.25) is 0 Å². The summed E-state index contributed by atoms with van der Waals surface area (Å²) in [4.78, 5) is 27.1. The number of nitrogens with one attached hydrogen (secondary N) is 1. The summed E-state index contributed by atoms with van der Waals surface area (Å²) in [5.41, 5.74) is 0.188. The lowest BCUT2D eigenvalue weighted by atomic mass is 10.1. The number of amides is 2. The minimum absolute atomic E-state index is 0.283. The Balaban J connectivity index is 0.00000163. The molecule has 1 heterocycles. The molecule has 0 bridgehead atoms. The summed E-state index contributed by atoms with van der Waals surface area (Å²) in [6.07, 6.45) is -0.349. The first-order valence-corrected chi connectivity index (χ1v) is 8.96. The van der Waals surface area contributed by atoms with Crippen molar-refractivity contribution in [1.29, 1.82) is 0 Å². The molecular weight excluding hydrogens is 337 g/mol. The van der Waals surface area contributed by atoms with Gasteiger partial charge < -0.3 is 19.9 Å². The molecule has 1 aromatic rings. The van der Waals surface area contributed by atoms with Crippen LogP contribution in [0.25, 0.3) is 0 Å². The van der Waals surface area contributed by atoms with Crippen LogP contribution in [-0.2, 0) is 4.74 Å². The lowest BCUT2D eigenvalue weighted by molar-refractivity contribution is 0.0240. The van der Waals surface area contributed by atoms with Gasteiger partial charge in [-0.25, -0.2) is 9.18 Å². The molecule has 0 atom stereocenters. The second-order valence-electron chi connectivity index (χ2n) is 6.70. The lowest BCUT2D eigenvalue weighted by Gasteiger charge is -2.36. The largest absolute Gasteiger partial charge is 0.444 e. The zero-order valence-electron chi connectivity index (χ0n) is 16.6. The molecule has 2 amide bonds. The number of nitrogens with zero attached hydrogens (tertiary/aromatic N) is 2. The quantitative estimate of drug-likeness (QED) is 0.871. The molecule has 1 fully saturated rings. The van der Waals surface area contributed by atoms with Crippen LogP contribution in [-0.4, -0.2) is 55.7 Å². The van der Waals surface area contributed by atoms with Crippen molar-refractivity contribution in [3.05, 3.63) is 29.6 Å². The van der Waals surface area contributed by atoms with Gasteiger partial charge in [-0.15, -0.1) is 0 Å². The molecular formula is C19H30FN3O3. The fourth-order valence-electron chi connectivity index (χ4n) is 2.51. The van der Waals surface area contributed by atoms with Crippen LogP contribution >= 0.6 is 0 Å². The molecule has 146 valence electrons. The average Bonchev–Trinajstić information content (AvgIpc) is 2.61. The van der Waals surface area contributed by atoms with Crippen LogP contribution in [0.3, 0.4) is 0 Å². The highest BCUT2D eigenvalue weighted by Crippen LogP contribution is 2.22. The van der Waals surface area contributed by atoms with Gasteiger partial charge in [0.25, 0.3) is 5.91 Å². The number of benzene rings is 1.